The number of nitrogens with zero attached hydrogens (tertiary/aromatic N) is 2. The number of hydrogen-bond acceptors (Lipinski definition) is 2. The second-order valence-corrected chi connectivity index (χ2v) is 6.63. The first-order valence-corrected chi connectivity index (χ1v) is 7.56. The molecular weight excluding hydrogens is 324 g/mol. The summed E-state index contributed by atoms with van der Waals surface area (Å²) < 4.78 is 53.7. The largest absolute Gasteiger partial charge is 0.408 e. The van der Waals surface area contributed by atoms with Gasteiger partial charge in [0.05, 0.1) is 11.3 Å². The normalized spacial score (nSPS) is 17.0. The number of carbonyl (C=O) groups excluding carboxylic acids is 1. The lowest BCUT2D eigenvalue weighted by Crippen LogP contribution is -2.32. The van der Waals surface area contributed by atoms with E-state index < -0.39 is 24.0 Å². The number of benzene rings is 1. The Bertz CT molecular complexity index is 805. The van der Waals surface area contributed by atoms with Gasteiger partial charge in [-0.1, -0.05) is 26.0 Å². The van der Waals surface area contributed by atoms with Crippen LogP contribution < -0.4 is 0 Å². The molecule has 0 N–H and O–H groups in total. The lowest BCUT2D eigenvalue weighted by atomic mass is 9.75. The van der Waals surface area contributed by atoms with Gasteiger partial charge in [-0.25, -0.2) is 4.39 Å². The Balaban J connectivity index is 2.29. The van der Waals surface area contributed by atoms with E-state index in [4.69, 9.17) is 0 Å². The maximum absolute atomic E-state index is 14.1. The minimum atomic E-state index is -4.48. The molecule has 24 heavy (non-hydrogen) atoms. The van der Waals surface area contributed by atoms with Crippen molar-refractivity contribution >= 4 is 5.78 Å². The van der Waals surface area contributed by atoms with E-state index in [9.17, 15) is 22.4 Å². The summed E-state index contributed by atoms with van der Waals surface area (Å²) in [6, 6.07) is 5.66. The van der Waals surface area contributed by atoms with E-state index in [2.05, 4.69) is 5.10 Å². The molecular formula is C17H16F4N2O. The molecule has 1 aliphatic rings. The first-order chi connectivity index (χ1) is 11.1. The number of fused-ring (bicyclic) bond motifs is 1. The van der Waals surface area contributed by atoms with Gasteiger partial charge in [0.15, 0.2) is 5.78 Å². The van der Waals surface area contributed by atoms with Gasteiger partial charge in [0.1, 0.15) is 18.1 Å². The number of Topliss-reactive ketones (excluding diaryl/α,β-unsaturated/α-hetero) is 1. The molecule has 0 radical (unpaired) electrons. The summed E-state index contributed by atoms with van der Waals surface area (Å²) in [6.45, 7) is 2.25. The topological polar surface area (TPSA) is 34.9 Å². The summed E-state index contributed by atoms with van der Waals surface area (Å²) in [5.74, 6) is -0.913. The molecule has 0 amide bonds. The Morgan fingerprint density at radius 1 is 1.25 bits per heavy atom. The molecule has 1 aromatic heterocycles. The quantitative estimate of drug-likeness (QED) is 0.754. The average molecular weight is 340 g/mol. The highest BCUT2D eigenvalue weighted by Crippen LogP contribution is 2.42. The summed E-state index contributed by atoms with van der Waals surface area (Å²) in [5.41, 5.74) is -0.272. The Morgan fingerprint density at radius 3 is 2.54 bits per heavy atom. The van der Waals surface area contributed by atoms with Crippen LogP contribution in [-0.2, 0) is 12.0 Å². The van der Waals surface area contributed by atoms with Gasteiger partial charge in [-0.3, -0.25) is 9.48 Å². The molecule has 0 atom stereocenters. The molecule has 0 aliphatic heterocycles. The summed E-state index contributed by atoms with van der Waals surface area (Å²) in [5, 5.41) is 3.99. The summed E-state index contributed by atoms with van der Waals surface area (Å²) in [4.78, 5) is 12.4. The molecule has 0 fully saturated rings. The van der Waals surface area contributed by atoms with Crippen LogP contribution in [0.1, 0.15) is 42.7 Å². The molecule has 2 aromatic rings. The van der Waals surface area contributed by atoms with Crippen LogP contribution in [0.4, 0.5) is 17.6 Å². The average Bonchev–Trinajstić information content (AvgIpc) is 2.82. The third-order valence-corrected chi connectivity index (χ3v) is 4.31. The predicted molar refractivity (Wildman–Crippen MR) is 80.3 cm³/mol. The third kappa shape index (κ3) is 2.83. The van der Waals surface area contributed by atoms with Crippen LogP contribution in [0, 0.1) is 5.82 Å². The number of rotatable bonds is 2. The fourth-order valence-corrected chi connectivity index (χ4v) is 3.21. The van der Waals surface area contributed by atoms with Crippen LogP contribution in [-0.4, -0.2) is 21.7 Å². The lowest BCUT2D eigenvalue weighted by Gasteiger charge is -2.30. The highest BCUT2D eigenvalue weighted by Gasteiger charge is 2.41. The number of ketones is 1. The highest BCUT2D eigenvalue weighted by molar-refractivity contribution is 6.04. The molecule has 3 rings (SSSR count). The van der Waals surface area contributed by atoms with E-state index in [0.717, 1.165) is 4.68 Å². The standard InChI is InChI=1S/C17H16F4N2O/c1-16(2)8-7-12(24)13-14(10-5-3-4-6-11(10)18)22-23(15(13)16)9-17(19,20)21/h3-6H,7-9H2,1-2H3. The molecule has 0 saturated carbocycles. The monoisotopic (exact) mass is 340 g/mol. The van der Waals surface area contributed by atoms with Gasteiger partial charge >= 0.3 is 6.18 Å². The lowest BCUT2D eigenvalue weighted by molar-refractivity contribution is -0.143. The van der Waals surface area contributed by atoms with Crippen molar-refractivity contribution in [1.29, 1.82) is 0 Å². The van der Waals surface area contributed by atoms with Crippen LogP contribution in [0.5, 0.6) is 0 Å². The van der Waals surface area contributed by atoms with E-state index in [1.54, 1.807) is 19.9 Å². The summed E-state index contributed by atoms with van der Waals surface area (Å²) in [6.07, 6.45) is -3.85. The predicted octanol–water partition coefficient (Wildman–Crippen LogP) is 4.51. The molecule has 0 unspecified atom stereocenters. The Kier molecular flexibility index (Phi) is 3.77. The van der Waals surface area contributed by atoms with Crippen LogP contribution in [0.25, 0.3) is 11.3 Å². The SMILES string of the molecule is CC1(C)CCC(=O)c2c(-c3ccccc3F)nn(CC(F)(F)F)c21. The molecule has 3 nitrogen and oxygen atoms in total. The number of aromatic nitrogens is 2. The van der Waals surface area contributed by atoms with Gasteiger partial charge in [0.25, 0.3) is 0 Å². The Labute approximate surface area is 136 Å². The zero-order chi connectivity index (χ0) is 17.7. The maximum atomic E-state index is 14.1. The van der Waals surface area contributed by atoms with Crippen molar-refractivity contribution in [2.45, 2.75) is 44.8 Å². The van der Waals surface area contributed by atoms with Crippen LogP contribution in [0.15, 0.2) is 24.3 Å². The van der Waals surface area contributed by atoms with Crippen molar-refractivity contribution in [1.82, 2.24) is 9.78 Å². The van der Waals surface area contributed by atoms with Gasteiger partial charge in [-0.15, -0.1) is 0 Å². The van der Waals surface area contributed by atoms with E-state index >= 15 is 0 Å². The van der Waals surface area contributed by atoms with Crippen molar-refractivity contribution in [3.05, 3.63) is 41.3 Å². The molecule has 1 aromatic carbocycles. The fourth-order valence-electron chi connectivity index (χ4n) is 3.21. The summed E-state index contributed by atoms with van der Waals surface area (Å²) >= 11 is 0. The number of hydrogen-bond donors (Lipinski definition) is 0. The number of carbonyl (C=O) groups is 1. The first-order valence-electron chi connectivity index (χ1n) is 7.56. The molecule has 0 bridgehead atoms. The van der Waals surface area contributed by atoms with Gasteiger partial charge in [-0.2, -0.15) is 18.3 Å². The third-order valence-electron chi connectivity index (χ3n) is 4.31. The molecule has 128 valence electrons. The highest BCUT2D eigenvalue weighted by atomic mass is 19.4. The van der Waals surface area contributed by atoms with Gasteiger partial charge in [0.2, 0.25) is 0 Å². The second-order valence-electron chi connectivity index (χ2n) is 6.63. The molecule has 0 spiro atoms. The summed E-state index contributed by atoms with van der Waals surface area (Å²) in [7, 11) is 0. The van der Waals surface area contributed by atoms with Crippen molar-refractivity contribution in [3.63, 3.8) is 0 Å². The van der Waals surface area contributed by atoms with Gasteiger partial charge < -0.3 is 0 Å². The zero-order valence-corrected chi connectivity index (χ0v) is 13.2. The zero-order valence-electron chi connectivity index (χ0n) is 13.2. The number of halogens is 4. The molecule has 1 aliphatic carbocycles. The van der Waals surface area contributed by atoms with Crippen LogP contribution in [0.2, 0.25) is 0 Å². The molecule has 7 heteroatoms. The van der Waals surface area contributed by atoms with Crippen molar-refractivity contribution in [3.8, 4) is 11.3 Å². The smallest absolute Gasteiger partial charge is 0.294 e. The van der Waals surface area contributed by atoms with Gasteiger partial charge in [-0.05, 0) is 18.6 Å². The van der Waals surface area contributed by atoms with E-state index in [1.807, 2.05) is 0 Å². The number of alkyl halides is 3. The minimum absolute atomic E-state index is 0.00914. The fraction of sp³-hybridized carbons (Fsp3) is 0.412. The van der Waals surface area contributed by atoms with Crippen molar-refractivity contribution in [2.24, 2.45) is 0 Å². The van der Waals surface area contributed by atoms with Crippen molar-refractivity contribution < 1.29 is 22.4 Å². The van der Waals surface area contributed by atoms with Crippen LogP contribution >= 0.6 is 0 Å². The van der Waals surface area contributed by atoms with E-state index in [1.165, 1.54) is 18.2 Å². The van der Waals surface area contributed by atoms with Gasteiger partial charge in [0, 0.05) is 17.4 Å². The Hall–Kier alpha value is -2.18. The van der Waals surface area contributed by atoms with Crippen molar-refractivity contribution in [2.75, 3.05) is 0 Å². The van der Waals surface area contributed by atoms with E-state index in [0.29, 0.717) is 6.42 Å². The van der Waals surface area contributed by atoms with E-state index in [-0.39, 0.29) is 34.7 Å². The first kappa shape index (κ1) is 16.7. The van der Waals surface area contributed by atoms with Crippen LogP contribution in [0.3, 0.4) is 0 Å². The minimum Gasteiger partial charge on any atom is -0.294 e. The maximum Gasteiger partial charge on any atom is 0.408 e. The molecule has 0 saturated heterocycles. The molecule has 1 heterocycles. The Morgan fingerprint density at radius 2 is 1.92 bits per heavy atom. The second kappa shape index (κ2) is 5.43.